The molecule has 1 unspecified atom stereocenters. The molecule has 2 saturated heterocycles. The van der Waals surface area contributed by atoms with Gasteiger partial charge in [-0.1, -0.05) is 0 Å². The van der Waals surface area contributed by atoms with Gasteiger partial charge in [0, 0.05) is 48.2 Å². The average Bonchev–Trinajstić information content (AvgIpc) is 3.53. The number of amides is 1. The Morgan fingerprint density at radius 1 is 1.12 bits per heavy atom. The van der Waals surface area contributed by atoms with Crippen LogP contribution >= 0.6 is 0 Å². The first kappa shape index (κ1) is 20.1. The van der Waals surface area contributed by atoms with Crippen molar-refractivity contribution in [3.8, 4) is 11.1 Å². The van der Waals surface area contributed by atoms with Crippen LogP contribution in [0.4, 0.5) is 14.5 Å². The lowest BCUT2D eigenvalue weighted by Gasteiger charge is -2.39. The van der Waals surface area contributed by atoms with Crippen molar-refractivity contribution in [1.82, 2.24) is 15.6 Å². The van der Waals surface area contributed by atoms with Crippen molar-refractivity contribution >= 4 is 11.6 Å². The molecular weight excluding hydrogens is 410 g/mol. The van der Waals surface area contributed by atoms with Crippen LogP contribution in [0.25, 0.3) is 11.1 Å². The van der Waals surface area contributed by atoms with Crippen LogP contribution in [0.1, 0.15) is 55.3 Å². The van der Waals surface area contributed by atoms with Crippen molar-refractivity contribution in [2.75, 3.05) is 24.5 Å². The smallest absolute Gasteiger partial charge is 0.255 e. The van der Waals surface area contributed by atoms with E-state index < -0.39 is 11.6 Å². The summed E-state index contributed by atoms with van der Waals surface area (Å²) in [5.74, 6) is -0.670. The van der Waals surface area contributed by atoms with Crippen LogP contribution in [0.3, 0.4) is 0 Å². The number of rotatable bonds is 4. The lowest BCUT2D eigenvalue weighted by atomic mass is 9.77. The zero-order chi connectivity index (χ0) is 21.9. The molecule has 5 fully saturated rings. The molecule has 3 heterocycles. The predicted molar refractivity (Wildman–Crippen MR) is 119 cm³/mol. The molecule has 7 rings (SSSR count). The van der Waals surface area contributed by atoms with E-state index in [2.05, 4.69) is 20.5 Å². The van der Waals surface area contributed by atoms with Gasteiger partial charge in [0.15, 0.2) is 0 Å². The van der Waals surface area contributed by atoms with Crippen molar-refractivity contribution in [3.63, 3.8) is 0 Å². The third-order valence-corrected chi connectivity index (χ3v) is 8.11. The van der Waals surface area contributed by atoms with Gasteiger partial charge >= 0.3 is 0 Å². The number of anilines is 1. The first-order valence-corrected chi connectivity index (χ1v) is 11.7. The van der Waals surface area contributed by atoms with Gasteiger partial charge in [0.05, 0.1) is 11.3 Å². The van der Waals surface area contributed by atoms with Gasteiger partial charge in [-0.15, -0.1) is 0 Å². The molecule has 2 N–H and O–H groups in total. The third kappa shape index (κ3) is 3.29. The number of halogens is 2. The van der Waals surface area contributed by atoms with E-state index in [0.717, 1.165) is 75.8 Å². The Labute approximate surface area is 186 Å². The van der Waals surface area contributed by atoms with Gasteiger partial charge in [-0.2, -0.15) is 0 Å². The van der Waals surface area contributed by atoms with Gasteiger partial charge in [-0.25, -0.2) is 8.78 Å². The molecule has 1 amide bonds. The van der Waals surface area contributed by atoms with Crippen molar-refractivity contribution in [3.05, 3.63) is 47.8 Å². The largest absolute Gasteiger partial charge is 0.368 e. The van der Waals surface area contributed by atoms with Crippen LogP contribution in [-0.2, 0) is 0 Å². The Hall–Kier alpha value is -2.54. The molecule has 5 nitrogen and oxygen atoms in total. The second-order valence-electron chi connectivity index (χ2n) is 10.3. The molecule has 2 aliphatic heterocycles. The molecule has 168 valence electrons. The fourth-order valence-corrected chi connectivity index (χ4v) is 6.57. The number of aromatic nitrogens is 1. The molecule has 32 heavy (non-hydrogen) atoms. The summed E-state index contributed by atoms with van der Waals surface area (Å²) in [6.45, 7) is 2.56. The maximum Gasteiger partial charge on any atom is 0.255 e. The fraction of sp³-hybridized carbons (Fsp3) is 0.520. The SMILES string of the molecule is O=C(NC12CCC(C1)C2)c1cncc(-c2cc(F)cc(F)c2)c1N1CCC2(CCCN2)C1. The molecular formula is C25H28F2N4O. The number of pyridine rings is 1. The Morgan fingerprint density at radius 2 is 1.94 bits per heavy atom. The zero-order valence-electron chi connectivity index (χ0n) is 18.1. The fourth-order valence-electron chi connectivity index (χ4n) is 6.57. The monoisotopic (exact) mass is 438 g/mol. The van der Waals surface area contributed by atoms with Crippen LogP contribution in [0.15, 0.2) is 30.6 Å². The van der Waals surface area contributed by atoms with E-state index >= 15 is 0 Å². The number of benzene rings is 1. The van der Waals surface area contributed by atoms with E-state index in [1.165, 1.54) is 18.6 Å². The Bertz CT molecular complexity index is 1050. The number of nitrogens with one attached hydrogen (secondary N) is 2. The number of carbonyl (C=O) groups is 1. The van der Waals surface area contributed by atoms with E-state index in [4.69, 9.17) is 0 Å². The first-order chi connectivity index (χ1) is 15.4. The minimum atomic E-state index is -0.637. The quantitative estimate of drug-likeness (QED) is 0.757. The van der Waals surface area contributed by atoms with Crippen LogP contribution in [0, 0.1) is 17.6 Å². The number of hydrogen-bond donors (Lipinski definition) is 2. The Balaban J connectivity index is 1.42. The summed E-state index contributed by atoms with van der Waals surface area (Å²) >= 11 is 0. The number of fused-ring (bicyclic) bond motifs is 1. The summed E-state index contributed by atoms with van der Waals surface area (Å²) in [6, 6.07) is 3.50. The topological polar surface area (TPSA) is 57.3 Å². The Kier molecular flexibility index (Phi) is 4.54. The lowest BCUT2D eigenvalue weighted by molar-refractivity contribution is 0.0840. The molecule has 1 aromatic carbocycles. The molecule has 5 aliphatic rings. The van der Waals surface area contributed by atoms with Crippen molar-refractivity contribution < 1.29 is 13.6 Å². The second-order valence-corrected chi connectivity index (χ2v) is 10.3. The molecule has 3 saturated carbocycles. The van der Waals surface area contributed by atoms with Crippen molar-refractivity contribution in [1.29, 1.82) is 0 Å². The third-order valence-electron chi connectivity index (χ3n) is 8.11. The van der Waals surface area contributed by atoms with Crippen LogP contribution in [-0.4, -0.2) is 41.6 Å². The van der Waals surface area contributed by atoms with Gasteiger partial charge in [0.1, 0.15) is 11.6 Å². The highest BCUT2D eigenvalue weighted by molar-refractivity contribution is 6.03. The molecule has 2 bridgehead atoms. The predicted octanol–water partition coefficient (Wildman–Crippen LogP) is 4.03. The van der Waals surface area contributed by atoms with Gasteiger partial charge < -0.3 is 15.5 Å². The average molecular weight is 439 g/mol. The summed E-state index contributed by atoms with van der Waals surface area (Å²) < 4.78 is 28.2. The second kappa shape index (κ2) is 7.24. The number of carbonyl (C=O) groups excluding carboxylic acids is 1. The van der Waals surface area contributed by atoms with E-state index in [9.17, 15) is 13.6 Å². The van der Waals surface area contributed by atoms with Crippen molar-refractivity contribution in [2.24, 2.45) is 5.92 Å². The highest BCUT2D eigenvalue weighted by Crippen LogP contribution is 2.52. The zero-order valence-corrected chi connectivity index (χ0v) is 18.1. The first-order valence-electron chi connectivity index (χ1n) is 11.7. The lowest BCUT2D eigenvalue weighted by Crippen LogP contribution is -2.52. The summed E-state index contributed by atoms with van der Waals surface area (Å²) in [5, 5.41) is 6.95. The maximum atomic E-state index is 14.1. The van der Waals surface area contributed by atoms with Gasteiger partial charge in [0.2, 0.25) is 0 Å². The van der Waals surface area contributed by atoms with Gasteiger partial charge in [-0.05, 0) is 75.1 Å². The van der Waals surface area contributed by atoms with Gasteiger partial charge in [0.25, 0.3) is 5.91 Å². The number of hydrogen-bond acceptors (Lipinski definition) is 4. The normalized spacial score (nSPS) is 30.7. The summed E-state index contributed by atoms with van der Waals surface area (Å²) in [6.07, 6.45) is 10.8. The molecule has 1 atom stereocenters. The summed E-state index contributed by atoms with van der Waals surface area (Å²) in [5.41, 5.74) is 2.20. The molecule has 0 radical (unpaired) electrons. The standard InChI is InChI=1S/C25H28F2N4O/c26-18-8-17(9-19(27)10-18)20-13-28-14-21(23(32)30-25-4-2-16(11-25)12-25)22(20)31-7-5-24(15-31)3-1-6-29-24/h8-10,13-14,16,29H,1-7,11-12,15H2,(H,30,32). The van der Waals surface area contributed by atoms with Crippen LogP contribution in [0.2, 0.25) is 0 Å². The molecule has 3 aliphatic carbocycles. The minimum Gasteiger partial charge on any atom is -0.368 e. The summed E-state index contributed by atoms with van der Waals surface area (Å²) in [4.78, 5) is 20.0. The van der Waals surface area contributed by atoms with E-state index in [1.54, 1.807) is 12.4 Å². The highest BCUT2D eigenvalue weighted by atomic mass is 19.1. The summed E-state index contributed by atoms with van der Waals surface area (Å²) in [7, 11) is 0. The Morgan fingerprint density at radius 3 is 2.62 bits per heavy atom. The van der Waals surface area contributed by atoms with E-state index in [0.29, 0.717) is 16.7 Å². The molecule has 1 spiro atoms. The highest BCUT2D eigenvalue weighted by Gasteiger charge is 2.51. The van der Waals surface area contributed by atoms with Gasteiger partial charge in [-0.3, -0.25) is 9.78 Å². The van der Waals surface area contributed by atoms with Crippen LogP contribution in [0.5, 0.6) is 0 Å². The molecule has 2 aromatic rings. The van der Waals surface area contributed by atoms with Crippen molar-refractivity contribution in [2.45, 2.75) is 56.0 Å². The molecule has 7 heteroatoms. The minimum absolute atomic E-state index is 0.0484. The number of nitrogens with zero attached hydrogens (tertiary/aromatic N) is 2. The van der Waals surface area contributed by atoms with E-state index in [-0.39, 0.29) is 17.0 Å². The van der Waals surface area contributed by atoms with E-state index in [1.807, 2.05) is 0 Å². The van der Waals surface area contributed by atoms with Crippen LogP contribution < -0.4 is 15.5 Å². The maximum absolute atomic E-state index is 14.1. The molecule has 1 aromatic heterocycles.